The zero-order chi connectivity index (χ0) is 14.7. The number of aromatic nitrogens is 2. The molecule has 1 N–H and O–H groups in total. The lowest BCUT2D eigenvalue weighted by Gasteiger charge is -2.05. The Labute approximate surface area is 118 Å². The van der Waals surface area contributed by atoms with Crippen molar-refractivity contribution in [3.8, 4) is 17.3 Å². The number of pyridine rings is 1. The molecule has 0 aliphatic rings. The molecule has 0 unspecified atom stereocenters. The van der Waals surface area contributed by atoms with E-state index in [1.165, 1.54) is 24.7 Å². The lowest BCUT2D eigenvalue weighted by atomic mass is 10.2. The Bertz CT molecular complexity index is 748. The van der Waals surface area contributed by atoms with Gasteiger partial charge in [0.05, 0.1) is 12.5 Å². The van der Waals surface area contributed by atoms with Crippen LogP contribution >= 0.6 is 0 Å². The molecule has 0 aliphatic heterocycles. The van der Waals surface area contributed by atoms with Crippen LogP contribution in [-0.2, 0) is 6.61 Å². The average Bonchev–Trinajstić information content (AvgIpc) is 3.16. The van der Waals surface area contributed by atoms with Crippen LogP contribution in [0.15, 0.2) is 51.9 Å². The van der Waals surface area contributed by atoms with E-state index < -0.39 is 5.97 Å². The molecule has 0 bridgehead atoms. The highest BCUT2D eigenvalue weighted by Gasteiger charge is 2.13. The third kappa shape index (κ3) is 2.76. The molecule has 7 nitrogen and oxygen atoms in total. The molecule has 0 spiro atoms. The highest BCUT2D eigenvalue weighted by atomic mass is 16.5. The zero-order valence-electron chi connectivity index (χ0n) is 10.7. The molecule has 0 atom stereocenters. The second-order valence-electron chi connectivity index (χ2n) is 4.13. The standard InChI is InChI=1S/C14H10N2O5/c17-14(18)10-3-4-15-7-13(10)20-8-9-6-12(21-16-9)11-2-1-5-19-11/h1-7H,8H2,(H,17,18). The zero-order valence-corrected chi connectivity index (χ0v) is 10.7. The quantitative estimate of drug-likeness (QED) is 0.769. The van der Waals surface area contributed by atoms with Gasteiger partial charge in [0.25, 0.3) is 0 Å². The molecule has 0 radical (unpaired) electrons. The fourth-order valence-electron chi connectivity index (χ4n) is 1.74. The molecule has 0 saturated heterocycles. The Balaban J connectivity index is 1.73. The molecular formula is C14H10N2O5. The first kappa shape index (κ1) is 12.9. The number of carbonyl (C=O) groups is 1. The van der Waals surface area contributed by atoms with E-state index in [1.807, 2.05) is 0 Å². The van der Waals surface area contributed by atoms with Crippen molar-refractivity contribution in [2.75, 3.05) is 0 Å². The van der Waals surface area contributed by atoms with Crippen LogP contribution in [0, 0.1) is 0 Å². The lowest BCUT2D eigenvalue weighted by molar-refractivity contribution is 0.0691. The summed E-state index contributed by atoms with van der Waals surface area (Å²) in [5, 5.41) is 12.9. The van der Waals surface area contributed by atoms with Gasteiger partial charge < -0.3 is 18.8 Å². The van der Waals surface area contributed by atoms with Crippen molar-refractivity contribution in [2.24, 2.45) is 0 Å². The summed E-state index contributed by atoms with van der Waals surface area (Å²) in [5.74, 6) is 0.126. The van der Waals surface area contributed by atoms with Crippen LogP contribution < -0.4 is 4.74 Å². The van der Waals surface area contributed by atoms with E-state index in [1.54, 1.807) is 18.2 Å². The Hall–Kier alpha value is -3.09. The van der Waals surface area contributed by atoms with Crippen molar-refractivity contribution in [2.45, 2.75) is 6.61 Å². The van der Waals surface area contributed by atoms with Crippen LogP contribution in [-0.4, -0.2) is 21.2 Å². The van der Waals surface area contributed by atoms with E-state index in [2.05, 4.69) is 10.1 Å². The van der Waals surface area contributed by atoms with Crippen molar-refractivity contribution in [1.82, 2.24) is 10.1 Å². The maximum atomic E-state index is 11.0. The SMILES string of the molecule is O=C(O)c1ccncc1OCc1cc(-c2ccco2)on1. The van der Waals surface area contributed by atoms with Gasteiger partial charge in [0.2, 0.25) is 5.76 Å². The molecule has 106 valence electrons. The van der Waals surface area contributed by atoms with Gasteiger partial charge in [-0.05, 0) is 18.2 Å². The third-order valence-electron chi connectivity index (χ3n) is 2.71. The number of carboxylic acid groups (broad SMARTS) is 1. The van der Waals surface area contributed by atoms with Crippen LogP contribution in [0.5, 0.6) is 5.75 Å². The third-order valence-corrected chi connectivity index (χ3v) is 2.71. The van der Waals surface area contributed by atoms with Gasteiger partial charge in [-0.2, -0.15) is 0 Å². The van der Waals surface area contributed by atoms with Gasteiger partial charge >= 0.3 is 5.97 Å². The van der Waals surface area contributed by atoms with Gasteiger partial charge in [0.1, 0.15) is 17.9 Å². The number of carboxylic acids is 1. The van der Waals surface area contributed by atoms with Crippen LogP contribution in [0.4, 0.5) is 0 Å². The second-order valence-corrected chi connectivity index (χ2v) is 4.13. The van der Waals surface area contributed by atoms with Crippen molar-refractivity contribution in [3.63, 3.8) is 0 Å². The summed E-state index contributed by atoms with van der Waals surface area (Å²) in [6.45, 7) is 0.0657. The van der Waals surface area contributed by atoms with E-state index in [4.69, 9.17) is 18.8 Å². The maximum absolute atomic E-state index is 11.0. The van der Waals surface area contributed by atoms with Gasteiger partial charge in [-0.25, -0.2) is 4.79 Å². The summed E-state index contributed by atoms with van der Waals surface area (Å²) in [5.41, 5.74) is 0.557. The van der Waals surface area contributed by atoms with E-state index in [0.717, 1.165) is 0 Å². The molecule has 0 amide bonds. The van der Waals surface area contributed by atoms with Crippen LogP contribution in [0.3, 0.4) is 0 Å². The van der Waals surface area contributed by atoms with Gasteiger partial charge in [-0.15, -0.1) is 0 Å². The largest absolute Gasteiger partial charge is 0.485 e. The first-order chi connectivity index (χ1) is 10.2. The van der Waals surface area contributed by atoms with Crippen molar-refractivity contribution < 1.29 is 23.6 Å². The number of hydrogen-bond acceptors (Lipinski definition) is 6. The Morgan fingerprint density at radius 1 is 1.33 bits per heavy atom. The fourth-order valence-corrected chi connectivity index (χ4v) is 1.74. The molecule has 3 heterocycles. The van der Waals surface area contributed by atoms with Crippen molar-refractivity contribution in [3.05, 3.63) is 54.2 Å². The predicted octanol–water partition coefficient (Wildman–Crippen LogP) is 2.61. The highest BCUT2D eigenvalue weighted by molar-refractivity contribution is 5.90. The molecule has 21 heavy (non-hydrogen) atoms. The second kappa shape index (κ2) is 5.49. The summed E-state index contributed by atoms with van der Waals surface area (Å²) in [6, 6.07) is 6.52. The summed E-state index contributed by atoms with van der Waals surface area (Å²) in [6.07, 6.45) is 4.27. The normalized spacial score (nSPS) is 10.5. The first-order valence-corrected chi connectivity index (χ1v) is 6.03. The first-order valence-electron chi connectivity index (χ1n) is 6.03. The minimum absolute atomic E-state index is 0.0414. The van der Waals surface area contributed by atoms with Crippen LogP contribution in [0.25, 0.3) is 11.5 Å². The van der Waals surface area contributed by atoms with Gasteiger partial charge in [-0.1, -0.05) is 5.16 Å². The Kier molecular flexibility index (Phi) is 3.38. The van der Waals surface area contributed by atoms with E-state index in [-0.39, 0.29) is 17.9 Å². The van der Waals surface area contributed by atoms with Gasteiger partial charge in [-0.3, -0.25) is 4.98 Å². The minimum atomic E-state index is -1.08. The molecule has 3 aromatic heterocycles. The van der Waals surface area contributed by atoms with Crippen LogP contribution in [0.1, 0.15) is 16.1 Å². The molecule has 0 aromatic carbocycles. The number of ether oxygens (including phenoxy) is 1. The summed E-state index contributed by atoms with van der Waals surface area (Å²) in [7, 11) is 0. The van der Waals surface area contributed by atoms with Crippen molar-refractivity contribution >= 4 is 5.97 Å². The van der Waals surface area contributed by atoms with Gasteiger partial charge in [0, 0.05) is 12.3 Å². The average molecular weight is 286 g/mol. The molecule has 7 heteroatoms. The molecular weight excluding hydrogens is 276 g/mol. The van der Waals surface area contributed by atoms with E-state index in [0.29, 0.717) is 17.2 Å². The smallest absolute Gasteiger partial charge is 0.339 e. The topological polar surface area (TPSA) is 98.6 Å². The molecule has 0 fully saturated rings. The Morgan fingerprint density at radius 3 is 3.00 bits per heavy atom. The van der Waals surface area contributed by atoms with Crippen molar-refractivity contribution in [1.29, 1.82) is 0 Å². The predicted molar refractivity (Wildman–Crippen MR) is 69.7 cm³/mol. The maximum Gasteiger partial charge on any atom is 0.339 e. The number of furan rings is 1. The molecule has 3 rings (SSSR count). The van der Waals surface area contributed by atoms with E-state index in [9.17, 15) is 4.79 Å². The summed E-state index contributed by atoms with van der Waals surface area (Å²) < 4.78 is 15.7. The number of hydrogen-bond donors (Lipinski definition) is 1. The number of rotatable bonds is 5. The summed E-state index contributed by atoms with van der Waals surface area (Å²) in [4.78, 5) is 14.9. The van der Waals surface area contributed by atoms with Gasteiger partial charge in [0.15, 0.2) is 11.5 Å². The minimum Gasteiger partial charge on any atom is -0.485 e. The highest BCUT2D eigenvalue weighted by Crippen LogP contribution is 2.22. The molecule has 0 saturated carbocycles. The fraction of sp³-hybridized carbons (Fsp3) is 0.0714. The van der Waals surface area contributed by atoms with Crippen LogP contribution in [0.2, 0.25) is 0 Å². The monoisotopic (exact) mass is 286 g/mol. The number of nitrogens with zero attached hydrogens (tertiary/aromatic N) is 2. The molecule has 0 aliphatic carbocycles. The molecule has 3 aromatic rings. The summed E-state index contributed by atoms with van der Waals surface area (Å²) >= 11 is 0. The number of aromatic carboxylic acids is 1. The Morgan fingerprint density at radius 2 is 2.24 bits per heavy atom. The lowest BCUT2D eigenvalue weighted by Crippen LogP contribution is -2.03. The van der Waals surface area contributed by atoms with E-state index >= 15 is 0 Å².